The van der Waals surface area contributed by atoms with E-state index < -0.39 is 23.8 Å². The van der Waals surface area contributed by atoms with E-state index in [0.717, 1.165) is 17.3 Å². The van der Waals surface area contributed by atoms with Crippen molar-refractivity contribution < 1.29 is 28.2 Å². The van der Waals surface area contributed by atoms with Crippen LogP contribution in [0.1, 0.15) is 71.4 Å². The normalized spacial score (nSPS) is 17.5. The zero-order valence-electron chi connectivity index (χ0n) is 25.1. The number of nitrogens with one attached hydrogen (secondary N) is 1. The molecule has 1 aliphatic heterocycles. The number of amides is 2. The van der Waals surface area contributed by atoms with Gasteiger partial charge < -0.3 is 25.0 Å². The van der Waals surface area contributed by atoms with Crippen molar-refractivity contribution in [1.29, 1.82) is 0 Å². The number of nitrogens with zero attached hydrogens (tertiary/aromatic N) is 2. The van der Waals surface area contributed by atoms with E-state index in [0.29, 0.717) is 31.7 Å². The second-order valence-electron chi connectivity index (χ2n) is 12.2. The first-order valence-electron chi connectivity index (χ1n) is 14.4. The van der Waals surface area contributed by atoms with Crippen LogP contribution in [-0.4, -0.2) is 71.9 Å². The molecule has 1 fully saturated rings. The molecule has 0 aliphatic carbocycles. The minimum absolute atomic E-state index is 0.0203. The zero-order valence-corrected chi connectivity index (χ0v) is 25.1. The summed E-state index contributed by atoms with van der Waals surface area (Å²) in [7, 11) is 0. The summed E-state index contributed by atoms with van der Waals surface area (Å²) in [6.45, 7) is 13.1. The number of carbonyl (C=O) groups excluding carboxylic acids is 2. The van der Waals surface area contributed by atoms with Crippen LogP contribution in [0.25, 0.3) is 0 Å². The van der Waals surface area contributed by atoms with E-state index in [2.05, 4.69) is 25.2 Å². The van der Waals surface area contributed by atoms with E-state index >= 15 is 0 Å². The molecule has 0 unspecified atom stereocenters. The number of halogens is 2. The third-order valence-electron chi connectivity index (χ3n) is 7.32. The van der Waals surface area contributed by atoms with Gasteiger partial charge in [0.05, 0.1) is 24.4 Å². The third kappa shape index (κ3) is 10.1. The van der Waals surface area contributed by atoms with Gasteiger partial charge in [0.25, 0.3) is 0 Å². The van der Waals surface area contributed by atoms with Gasteiger partial charge in [-0.25, -0.2) is 8.78 Å². The molecule has 0 spiro atoms. The number of carbonyl (C=O) groups is 2. The molecule has 0 aromatic heterocycles. The van der Waals surface area contributed by atoms with Crippen molar-refractivity contribution in [3.63, 3.8) is 0 Å². The number of aliphatic hydroxyl groups excluding tert-OH is 1. The molecule has 3 atom stereocenters. The van der Waals surface area contributed by atoms with Crippen LogP contribution < -0.4 is 10.2 Å². The predicted molar refractivity (Wildman–Crippen MR) is 157 cm³/mol. The Morgan fingerprint density at radius 1 is 1.17 bits per heavy atom. The van der Waals surface area contributed by atoms with Gasteiger partial charge in [-0.3, -0.25) is 9.59 Å². The number of hydrogen-bond donors (Lipinski definition) is 2. The number of anilines is 1. The number of aliphatic hydroxyl groups is 1. The summed E-state index contributed by atoms with van der Waals surface area (Å²) in [6, 6.07) is 10.3. The summed E-state index contributed by atoms with van der Waals surface area (Å²) in [6.07, 6.45) is -0.0739. The Morgan fingerprint density at radius 3 is 2.44 bits per heavy atom. The average Bonchev–Trinajstić information content (AvgIpc) is 2.86. The Morgan fingerprint density at radius 2 is 1.85 bits per heavy atom. The van der Waals surface area contributed by atoms with Gasteiger partial charge in [-0.15, -0.1) is 0 Å². The monoisotopic (exact) mass is 573 g/mol. The van der Waals surface area contributed by atoms with E-state index in [1.165, 1.54) is 19.1 Å². The summed E-state index contributed by atoms with van der Waals surface area (Å²) < 4.78 is 33.6. The highest BCUT2D eigenvalue weighted by atomic mass is 19.1. The maximum atomic E-state index is 13.9. The molecule has 2 aromatic carbocycles. The fourth-order valence-corrected chi connectivity index (χ4v) is 5.21. The Hall–Kier alpha value is -3.04. The highest BCUT2D eigenvalue weighted by Crippen LogP contribution is 2.28. The molecule has 226 valence electrons. The lowest BCUT2D eigenvalue weighted by Gasteiger charge is -2.41. The number of benzene rings is 2. The summed E-state index contributed by atoms with van der Waals surface area (Å²) in [5.41, 5.74) is 2.04. The van der Waals surface area contributed by atoms with Crippen molar-refractivity contribution in [3.05, 3.63) is 65.2 Å². The van der Waals surface area contributed by atoms with Crippen molar-refractivity contribution in [2.45, 2.75) is 90.5 Å². The molecule has 2 amide bonds. The quantitative estimate of drug-likeness (QED) is 0.381. The maximum Gasteiger partial charge on any atom is 0.224 e. The number of likely N-dealkylation sites (tertiary alicyclic amines) is 1. The van der Waals surface area contributed by atoms with Crippen LogP contribution in [0.2, 0.25) is 0 Å². The van der Waals surface area contributed by atoms with Crippen LogP contribution in [0.5, 0.6) is 0 Å². The lowest BCUT2D eigenvalue weighted by molar-refractivity contribution is -0.135. The van der Waals surface area contributed by atoms with Gasteiger partial charge in [0.1, 0.15) is 11.6 Å². The lowest BCUT2D eigenvalue weighted by Crippen LogP contribution is -2.54. The van der Waals surface area contributed by atoms with Gasteiger partial charge in [0, 0.05) is 50.8 Å². The fourth-order valence-electron chi connectivity index (χ4n) is 5.21. The molecule has 7 nitrogen and oxygen atoms in total. The fraction of sp³-hybridized carbons (Fsp3) is 0.562. The largest absolute Gasteiger partial charge is 0.389 e. The van der Waals surface area contributed by atoms with E-state index in [-0.39, 0.29) is 48.8 Å². The lowest BCUT2D eigenvalue weighted by atomic mass is 9.96. The first-order valence-corrected chi connectivity index (χ1v) is 14.4. The van der Waals surface area contributed by atoms with Crippen LogP contribution in [0, 0.1) is 11.6 Å². The summed E-state index contributed by atoms with van der Waals surface area (Å²) in [5, 5.41) is 14.2. The van der Waals surface area contributed by atoms with Crippen molar-refractivity contribution in [3.8, 4) is 0 Å². The van der Waals surface area contributed by atoms with Gasteiger partial charge in [-0.1, -0.05) is 26.0 Å². The average molecular weight is 574 g/mol. The number of ether oxygens (including phenoxy) is 1. The standard InChI is InChI=1S/C32H45F2N3O4/c1-21(2)24-8-7-9-27(17-24)37(28-10-11-36(31(40)19-28)12-13-41-32(4,5)6)20-30(39)29(35-22(3)38)16-23-14-25(33)18-26(34)15-23/h7-9,14-15,17-18,21,28-30,39H,10-13,16,19-20H2,1-6H3,(H,35,38)/t28-,29+,30-/m1/s1. The zero-order chi connectivity index (χ0) is 30.3. The number of rotatable bonds is 12. The Labute approximate surface area is 242 Å². The highest BCUT2D eigenvalue weighted by molar-refractivity contribution is 5.78. The van der Waals surface area contributed by atoms with Crippen molar-refractivity contribution >= 4 is 17.5 Å². The summed E-state index contributed by atoms with van der Waals surface area (Å²) in [5.74, 6) is -1.50. The Kier molecular flexibility index (Phi) is 11.3. The summed E-state index contributed by atoms with van der Waals surface area (Å²) in [4.78, 5) is 29.1. The van der Waals surface area contributed by atoms with Crippen molar-refractivity contribution in [2.24, 2.45) is 0 Å². The van der Waals surface area contributed by atoms with E-state index in [1.54, 1.807) is 0 Å². The topological polar surface area (TPSA) is 82.1 Å². The van der Waals surface area contributed by atoms with E-state index in [4.69, 9.17) is 4.74 Å². The van der Waals surface area contributed by atoms with Gasteiger partial charge >= 0.3 is 0 Å². The van der Waals surface area contributed by atoms with Gasteiger partial charge in [-0.2, -0.15) is 0 Å². The minimum atomic E-state index is -1.08. The van der Waals surface area contributed by atoms with E-state index in [1.807, 2.05) is 48.8 Å². The smallest absolute Gasteiger partial charge is 0.224 e. The van der Waals surface area contributed by atoms with Crippen LogP contribution in [-0.2, 0) is 20.7 Å². The van der Waals surface area contributed by atoms with Gasteiger partial charge in [-0.05, 0) is 74.9 Å². The molecular formula is C32H45F2N3O4. The Balaban J connectivity index is 1.83. The molecule has 2 aromatic rings. The first kappa shape index (κ1) is 32.5. The van der Waals surface area contributed by atoms with Crippen LogP contribution in [0.3, 0.4) is 0 Å². The molecular weight excluding hydrogens is 528 g/mol. The molecule has 0 radical (unpaired) electrons. The van der Waals surface area contributed by atoms with Crippen molar-refractivity contribution in [2.75, 3.05) is 31.1 Å². The highest BCUT2D eigenvalue weighted by Gasteiger charge is 2.33. The van der Waals surface area contributed by atoms with E-state index in [9.17, 15) is 23.5 Å². The molecule has 2 N–H and O–H groups in total. The second kappa shape index (κ2) is 14.2. The number of hydrogen-bond acceptors (Lipinski definition) is 5. The van der Waals surface area contributed by atoms with Crippen LogP contribution >= 0.6 is 0 Å². The van der Waals surface area contributed by atoms with Crippen molar-refractivity contribution in [1.82, 2.24) is 10.2 Å². The molecule has 41 heavy (non-hydrogen) atoms. The van der Waals surface area contributed by atoms with Gasteiger partial charge in [0.2, 0.25) is 11.8 Å². The summed E-state index contributed by atoms with van der Waals surface area (Å²) >= 11 is 0. The van der Waals surface area contributed by atoms with Gasteiger partial charge in [0.15, 0.2) is 0 Å². The molecule has 1 saturated heterocycles. The predicted octanol–water partition coefficient (Wildman–Crippen LogP) is 4.81. The Bertz CT molecular complexity index is 1160. The molecule has 3 rings (SSSR count). The molecule has 9 heteroatoms. The molecule has 1 aliphatic rings. The molecule has 0 bridgehead atoms. The minimum Gasteiger partial charge on any atom is -0.389 e. The maximum absolute atomic E-state index is 13.9. The van der Waals surface area contributed by atoms with Crippen LogP contribution in [0.15, 0.2) is 42.5 Å². The second-order valence-corrected chi connectivity index (χ2v) is 12.2. The first-order chi connectivity index (χ1) is 19.2. The SMILES string of the molecule is CC(=O)N[C@@H](Cc1cc(F)cc(F)c1)[C@H](O)CN(c1cccc(C(C)C)c1)[C@@H]1CCN(CCOC(C)(C)C)C(=O)C1. The van der Waals surface area contributed by atoms with Crippen LogP contribution in [0.4, 0.5) is 14.5 Å². The molecule has 1 heterocycles. The third-order valence-corrected chi connectivity index (χ3v) is 7.32. The number of piperidine rings is 1. The molecule has 0 saturated carbocycles.